The largest absolute Gasteiger partial charge is 0.469 e. The molecule has 0 radical (unpaired) electrons. The molecule has 1 atom stereocenters. The molecule has 0 aliphatic rings. The molecule has 3 rings (SSSR count). The second kappa shape index (κ2) is 5.74. The summed E-state index contributed by atoms with van der Waals surface area (Å²) < 4.78 is 24.8. The van der Waals surface area contributed by atoms with Gasteiger partial charge < -0.3 is 14.2 Å². The predicted molar refractivity (Wildman–Crippen MR) is 79.7 cm³/mol. The molecule has 110 valence electrons. The maximum Gasteiger partial charge on any atom is 0.134 e. The molecular weight excluding hydrogens is 269 g/mol. The van der Waals surface area contributed by atoms with E-state index in [-0.39, 0.29) is 11.9 Å². The topological polar surface area (TPSA) is 38.3 Å². The van der Waals surface area contributed by atoms with Crippen molar-refractivity contribution in [2.24, 2.45) is 0 Å². The van der Waals surface area contributed by atoms with Gasteiger partial charge >= 0.3 is 0 Å². The molecule has 1 N–H and O–H groups in total. The number of fused-ring (bicyclic) bond motifs is 1. The highest BCUT2D eigenvalue weighted by molar-refractivity contribution is 5.82. The molecule has 0 saturated heterocycles. The highest BCUT2D eigenvalue weighted by atomic mass is 19.1. The van der Waals surface area contributed by atoms with Gasteiger partial charge in [0.2, 0.25) is 0 Å². The zero-order valence-electron chi connectivity index (χ0n) is 12.2. The first-order valence-electron chi connectivity index (χ1n) is 7.13. The fraction of sp³-hybridized carbons (Fsp3) is 0.294. The number of aryl methyl sites for hydroxylation is 1. The molecule has 4 heteroatoms. The van der Waals surface area contributed by atoms with Crippen LogP contribution in [0.1, 0.15) is 30.0 Å². The number of nitrogens with one attached hydrogen (secondary N) is 1. The van der Waals surface area contributed by atoms with Crippen molar-refractivity contribution in [1.29, 1.82) is 0 Å². The van der Waals surface area contributed by atoms with Crippen molar-refractivity contribution in [1.82, 2.24) is 5.32 Å². The lowest BCUT2D eigenvalue weighted by Crippen LogP contribution is -2.23. The van der Waals surface area contributed by atoms with Crippen LogP contribution in [-0.2, 0) is 6.42 Å². The molecule has 0 bridgehead atoms. The number of hydrogen-bond acceptors (Lipinski definition) is 3. The zero-order chi connectivity index (χ0) is 14.8. The summed E-state index contributed by atoms with van der Waals surface area (Å²) in [6, 6.07) is 8.45. The molecule has 1 aromatic carbocycles. The lowest BCUT2D eigenvalue weighted by Gasteiger charge is -2.15. The first-order chi connectivity index (χ1) is 10.2. The molecule has 0 aliphatic carbocycles. The Bertz CT molecular complexity index is 731. The number of halogens is 1. The quantitative estimate of drug-likeness (QED) is 0.757. The first kappa shape index (κ1) is 13.9. The lowest BCUT2D eigenvalue weighted by molar-refractivity contribution is 0.399. The minimum absolute atomic E-state index is 0.0108. The average Bonchev–Trinajstić information content (AvgIpc) is 3.08. The van der Waals surface area contributed by atoms with Gasteiger partial charge in [0.05, 0.1) is 12.3 Å². The Balaban J connectivity index is 2.00. The van der Waals surface area contributed by atoms with Crippen molar-refractivity contribution < 1.29 is 13.2 Å². The van der Waals surface area contributed by atoms with Crippen molar-refractivity contribution in [2.45, 2.75) is 26.3 Å². The first-order valence-corrected chi connectivity index (χ1v) is 7.13. The maximum absolute atomic E-state index is 13.4. The third kappa shape index (κ3) is 2.72. The van der Waals surface area contributed by atoms with Gasteiger partial charge in [-0.1, -0.05) is 6.92 Å². The Labute approximate surface area is 122 Å². The van der Waals surface area contributed by atoms with Gasteiger partial charge in [-0.15, -0.1) is 0 Å². The van der Waals surface area contributed by atoms with Crippen molar-refractivity contribution in [3.63, 3.8) is 0 Å². The van der Waals surface area contributed by atoms with E-state index in [1.165, 1.54) is 12.1 Å². The Hall–Kier alpha value is -2.07. The van der Waals surface area contributed by atoms with Crippen molar-refractivity contribution in [3.8, 4) is 0 Å². The summed E-state index contributed by atoms with van der Waals surface area (Å²) in [6.07, 6.45) is 2.36. The molecule has 21 heavy (non-hydrogen) atoms. The van der Waals surface area contributed by atoms with E-state index >= 15 is 0 Å². The molecule has 0 fully saturated rings. The third-order valence-corrected chi connectivity index (χ3v) is 3.69. The maximum atomic E-state index is 13.4. The molecule has 2 aromatic heterocycles. The van der Waals surface area contributed by atoms with Crippen molar-refractivity contribution >= 4 is 11.0 Å². The smallest absolute Gasteiger partial charge is 0.134 e. The van der Waals surface area contributed by atoms with Gasteiger partial charge in [-0.25, -0.2) is 4.39 Å². The molecule has 3 nitrogen and oxygen atoms in total. The van der Waals surface area contributed by atoms with E-state index in [0.717, 1.165) is 29.0 Å². The van der Waals surface area contributed by atoms with Crippen molar-refractivity contribution in [3.05, 3.63) is 59.5 Å². The van der Waals surface area contributed by atoms with Gasteiger partial charge in [-0.05, 0) is 43.8 Å². The third-order valence-electron chi connectivity index (χ3n) is 3.69. The summed E-state index contributed by atoms with van der Waals surface area (Å²) >= 11 is 0. The van der Waals surface area contributed by atoms with Crippen LogP contribution in [0.15, 0.2) is 45.4 Å². The predicted octanol–water partition coefficient (Wildman–Crippen LogP) is 4.37. The SMILES string of the molecule is CCNC(Cc1ccco1)c1oc2ccc(F)cc2c1C. The van der Waals surface area contributed by atoms with Crippen LogP contribution in [-0.4, -0.2) is 6.54 Å². The zero-order valence-corrected chi connectivity index (χ0v) is 12.2. The fourth-order valence-electron chi connectivity index (χ4n) is 2.68. The Kier molecular flexibility index (Phi) is 3.80. The van der Waals surface area contributed by atoms with E-state index in [9.17, 15) is 4.39 Å². The summed E-state index contributed by atoms with van der Waals surface area (Å²) in [6.45, 7) is 4.83. The molecule has 2 heterocycles. The molecule has 0 saturated carbocycles. The van der Waals surface area contributed by atoms with Crippen LogP contribution in [0, 0.1) is 12.7 Å². The van der Waals surface area contributed by atoms with E-state index in [1.54, 1.807) is 12.3 Å². The van der Waals surface area contributed by atoms with Crippen LogP contribution < -0.4 is 5.32 Å². The number of rotatable bonds is 5. The number of hydrogen-bond donors (Lipinski definition) is 1. The van der Waals surface area contributed by atoms with Gasteiger partial charge in [0, 0.05) is 17.4 Å². The van der Waals surface area contributed by atoms with Crippen LogP contribution in [0.25, 0.3) is 11.0 Å². The minimum Gasteiger partial charge on any atom is -0.469 e. The van der Waals surface area contributed by atoms with Crippen LogP contribution in [0.5, 0.6) is 0 Å². The average molecular weight is 287 g/mol. The Morgan fingerprint density at radius 3 is 2.86 bits per heavy atom. The van der Waals surface area contributed by atoms with Gasteiger partial charge in [-0.3, -0.25) is 0 Å². The van der Waals surface area contributed by atoms with E-state index in [0.29, 0.717) is 12.0 Å². The molecule has 3 aromatic rings. The van der Waals surface area contributed by atoms with Gasteiger partial charge in [-0.2, -0.15) is 0 Å². The van der Waals surface area contributed by atoms with Gasteiger partial charge in [0.1, 0.15) is 22.9 Å². The van der Waals surface area contributed by atoms with Gasteiger partial charge in [0.15, 0.2) is 0 Å². The second-order valence-electron chi connectivity index (χ2n) is 5.13. The van der Waals surface area contributed by atoms with Crippen LogP contribution in [0.2, 0.25) is 0 Å². The van der Waals surface area contributed by atoms with Crippen LogP contribution in [0.4, 0.5) is 4.39 Å². The summed E-state index contributed by atoms with van der Waals surface area (Å²) in [7, 11) is 0. The number of benzene rings is 1. The van der Waals surface area contributed by atoms with Gasteiger partial charge in [0.25, 0.3) is 0 Å². The normalized spacial score (nSPS) is 12.9. The standard InChI is InChI=1S/C17H18FNO2/c1-3-19-15(10-13-5-4-8-20-13)17-11(2)14-9-12(18)6-7-16(14)21-17/h4-9,15,19H,3,10H2,1-2H3. The number of likely N-dealkylation sites (N-methyl/N-ethyl adjacent to an activating group) is 1. The summed E-state index contributed by atoms with van der Waals surface area (Å²) in [5.41, 5.74) is 1.69. The van der Waals surface area contributed by atoms with Crippen molar-refractivity contribution in [2.75, 3.05) is 6.54 Å². The van der Waals surface area contributed by atoms with E-state index < -0.39 is 0 Å². The Morgan fingerprint density at radius 2 is 2.14 bits per heavy atom. The monoisotopic (exact) mass is 287 g/mol. The summed E-state index contributed by atoms with van der Waals surface area (Å²) in [5.74, 6) is 1.49. The molecular formula is C17H18FNO2. The fourth-order valence-corrected chi connectivity index (χ4v) is 2.68. The molecule has 0 aliphatic heterocycles. The van der Waals surface area contributed by atoms with E-state index in [4.69, 9.17) is 8.83 Å². The summed E-state index contributed by atoms with van der Waals surface area (Å²) in [5, 5.41) is 4.23. The van der Waals surface area contributed by atoms with E-state index in [1.807, 2.05) is 26.0 Å². The van der Waals surface area contributed by atoms with Crippen LogP contribution >= 0.6 is 0 Å². The van der Waals surface area contributed by atoms with E-state index in [2.05, 4.69) is 5.32 Å². The summed E-state index contributed by atoms with van der Waals surface area (Å²) in [4.78, 5) is 0. The molecule has 0 spiro atoms. The highest BCUT2D eigenvalue weighted by Gasteiger charge is 2.21. The highest BCUT2D eigenvalue weighted by Crippen LogP contribution is 2.31. The minimum atomic E-state index is -0.246. The Morgan fingerprint density at radius 1 is 1.29 bits per heavy atom. The second-order valence-corrected chi connectivity index (χ2v) is 5.13. The number of furan rings is 2. The lowest BCUT2D eigenvalue weighted by atomic mass is 10.0. The molecule has 1 unspecified atom stereocenters. The van der Waals surface area contributed by atoms with Crippen LogP contribution in [0.3, 0.4) is 0 Å². The molecule has 0 amide bonds.